The third-order valence-corrected chi connectivity index (χ3v) is 2.96. The van der Waals surface area contributed by atoms with Crippen molar-refractivity contribution in [2.75, 3.05) is 11.5 Å². The lowest BCUT2D eigenvalue weighted by Crippen LogP contribution is -1.94. The fraction of sp³-hybridized carbons (Fsp3) is 0.167. The molecule has 0 aliphatic carbocycles. The van der Waals surface area contributed by atoms with Gasteiger partial charge in [-0.1, -0.05) is 0 Å². The summed E-state index contributed by atoms with van der Waals surface area (Å²) in [6.45, 7) is 3.54. The van der Waals surface area contributed by atoms with Crippen molar-refractivity contribution in [1.29, 1.82) is 0 Å². The van der Waals surface area contributed by atoms with Gasteiger partial charge in [0.25, 0.3) is 0 Å². The van der Waals surface area contributed by atoms with E-state index in [4.69, 9.17) is 11.5 Å². The zero-order chi connectivity index (χ0) is 12.0. The third-order valence-electron chi connectivity index (χ3n) is 2.96. The standard InChI is InChI=1S/C12H14N2O2/c1-5-7-3-10(14)12(16)6(2)8(7)4-9(13)11(5)15/h3-4,15-16H,13-14H2,1-2H3. The van der Waals surface area contributed by atoms with Crippen LogP contribution in [0.3, 0.4) is 0 Å². The van der Waals surface area contributed by atoms with Gasteiger partial charge in [-0.05, 0) is 36.8 Å². The van der Waals surface area contributed by atoms with E-state index in [0.717, 1.165) is 10.8 Å². The Hall–Kier alpha value is -2.10. The Kier molecular flexibility index (Phi) is 2.08. The normalized spacial score (nSPS) is 10.9. The Balaban J connectivity index is 3.02. The van der Waals surface area contributed by atoms with E-state index < -0.39 is 0 Å². The largest absolute Gasteiger partial charge is 0.505 e. The molecule has 0 atom stereocenters. The van der Waals surface area contributed by atoms with Crippen LogP contribution >= 0.6 is 0 Å². The van der Waals surface area contributed by atoms with Crippen LogP contribution in [0.1, 0.15) is 11.1 Å². The van der Waals surface area contributed by atoms with E-state index in [0.29, 0.717) is 22.5 Å². The second-order valence-corrected chi connectivity index (χ2v) is 3.97. The molecule has 0 amide bonds. The van der Waals surface area contributed by atoms with Gasteiger partial charge in [0.15, 0.2) is 0 Å². The number of aromatic hydroxyl groups is 2. The van der Waals surface area contributed by atoms with Crippen LogP contribution in [0.2, 0.25) is 0 Å². The van der Waals surface area contributed by atoms with Gasteiger partial charge in [0, 0.05) is 11.1 Å². The summed E-state index contributed by atoms with van der Waals surface area (Å²) in [5, 5.41) is 21.1. The fourth-order valence-corrected chi connectivity index (χ4v) is 1.91. The first-order chi connectivity index (χ1) is 7.43. The molecule has 2 aromatic carbocycles. The molecule has 0 saturated heterocycles. The van der Waals surface area contributed by atoms with Gasteiger partial charge in [-0.15, -0.1) is 0 Å². The molecule has 2 aromatic rings. The fourth-order valence-electron chi connectivity index (χ4n) is 1.91. The average molecular weight is 218 g/mol. The Morgan fingerprint density at radius 3 is 1.44 bits per heavy atom. The Bertz CT molecular complexity index is 538. The topological polar surface area (TPSA) is 92.5 Å². The minimum atomic E-state index is 0.0667. The maximum atomic E-state index is 9.73. The zero-order valence-corrected chi connectivity index (χ0v) is 9.20. The second kappa shape index (κ2) is 3.20. The molecular formula is C12H14N2O2. The highest BCUT2D eigenvalue weighted by molar-refractivity contribution is 5.97. The van der Waals surface area contributed by atoms with Gasteiger partial charge in [0.2, 0.25) is 0 Å². The molecule has 0 aliphatic rings. The number of rotatable bonds is 0. The third kappa shape index (κ3) is 1.23. The average Bonchev–Trinajstić information content (AvgIpc) is 2.25. The molecule has 0 bridgehead atoms. The number of phenolic OH excluding ortho intramolecular Hbond substituents is 2. The zero-order valence-electron chi connectivity index (χ0n) is 9.20. The lowest BCUT2D eigenvalue weighted by Gasteiger charge is -2.12. The SMILES string of the molecule is Cc1c(O)c(N)cc2c(C)c(O)c(N)cc12. The van der Waals surface area contributed by atoms with Gasteiger partial charge in [-0.2, -0.15) is 0 Å². The van der Waals surface area contributed by atoms with Crippen molar-refractivity contribution in [2.24, 2.45) is 0 Å². The quantitative estimate of drug-likeness (QED) is 0.402. The van der Waals surface area contributed by atoms with Gasteiger partial charge >= 0.3 is 0 Å². The maximum Gasteiger partial charge on any atom is 0.142 e. The predicted octanol–water partition coefficient (Wildman–Crippen LogP) is 2.03. The van der Waals surface area contributed by atoms with Crippen LogP contribution < -0.4 is 11.5 Å². The number of fused-ring (bicyclic) bond motifs is 1. The number of phenols is 2. The van der Waals surface area contributed by atoms with Crippen LogP contribution in [0, 0.1) is 13.8 Å². The van der Waals surface area contributed by atoms with Crippen LogP contribution in [0.4, 0.5) is 11.4 Å². The summed E-state index contributed by atoms with van der Waals surface area (Å²) in [6, 6.07) is 3.29. The molecule has 6 N–H and O–H groups in total. The summed E-state index contributed by atoms with van der Waals surface area (Å²) < 4.78 is 0. The number of benzene rings is 2. The highest BCUT2D eigenvalue weighted by atomic mass is 16.3. The van der Waals surface area contributed by atoms with Crippen molar-refractivity contribution in [2.45, 2.75) is 13.8 Å². The van der Waals surface area contributed by atoms with Crippen molar-refractivity contribution in [3.05, 3.63) is 23.3 Å². The molecule has 0 radical (unpaired) electrons. The van der Waals surface area contributed by atoms with E-state index in [1.807, 2.05) is 0 Å². The summed E-state index contributed by atoms with van der Waals surface area (Å²) >= 11 is 0. The lowest BCUT2D eigenvalue weighted by molar-refractivity contribution is 0.472. The highest BCUT2D eigenvalue weighted by Gasteiger charge is 2.12. The van der Waals surface area contributed by atoms with Crippen molar-refractivity contribution >= 4 is 22.1 Å². The van der Waals surface area contributed by atoms with Crippen LogP contribution in [-0.2, 0) is 0 Å². The number of hydrogen-bond donors (Lipinski definition) is 4. The number of nitrogens with two attached hydrogens (primary N) is 2. The maximum absolute atomic E-state index is 9.73. The van der Waals surface area contributed by atoms with Crippen LogP contribution in [0.5, 0.6) is 11.5 Å². The van der Waals surface area contributed by atoms with Gasteiger partial charge in [-0.3, -0.25) is 0 Å². The van der Waals surface area contributed by atoms with E-state index in [2.05, 4.69) is 0 Å². The van der Waals surface area contributed by atoms with Crippen LogP contribution in [0.15, 0.2) is 12.1 Å². The summed E-state index contributed by atoms with van der Waals surface area (Å²) in [7, 11) is 0. The molecular weight excluding hydrogens is 204 g/mol. The first kappa shape index (κ1) is 10.4. The van der Waals surface area contributed by atoms with E-state index in [-0.39, 0.29) is 11.5 Å². The van der Waals surface area contributed by atoms with Gasteiger partial charge in [0.1, 0.15) is 11.5 Å². The van der Waals surface area contributed by atoms with Crippen LogP contribution in [0.25, 0.3) is 10.8 Å². The molecule has 84 valence electrons. The van der Waals surface area contributed by atoms with Gasteiger partial charge in [-0.25, -0.2) is 0 Å². The van der Waals surface area contributed by atoms with E-state index in [9.17, 15) is 10.2 Å². The number of hydrogen-bond acceptors (Lipinski definition) is 4. The summed E-state index contributed by atoms with van der Waals surface area (Å²) in [5.41, 5.74) is 13.3. The smallest absolute Gasteiger partial charge is 0.142 e. The predicted molar refractivity (Wildman–Crippen MR) is 65.6 cm³/mol. The number of aryl methyl sites for hydroxylation is 2. The van der Waals surface area contributed by atoms with Crippen molar-refractivity contribution in [3.8, 4) is 11.5 Å². The first-order valence-electron chi connectivity index (χ1n) is 4.93. The molecule has 2 rings (SSSR count). The highest BCUT2D eigenvalue weighted by Crippen LogP contribution is 2.39. The minimum Gasteiger partial charge on any atom is -0.505 e. The molecule has 0 aliphatic heterocycles. The molecule has 0 fully saturated rings. The lowest BCUT2D eigenvalue weighted by atomic mass is 9.98. The van der Waals surface area contributed by atoms with Crippen molar-refractivity contribution in [1.82, 2.24) is 0 Å². The van der Waals surface area contributed by atoms with Gasteiger partial charge < -0.3 is 21.7 Å². The van der Waals surface area contributed by atoms with E-state index in [1.165, 1.54) is 0 Å². The summed E-state index contributed by atoms with van der Waals surface area (Å²) in [6.07, 6.45) is 0. The Morgan fingerprint density at radius 2 is 1.12 bits per heavy atom. The van der Waals surface area contributed by atoms with E-state index >= 15 is 0 Å². The first-order valence-corrected chi connectivity index (χ1v) is 4.93. The minimum absolute atomic E-state index is 0.0667. The molecule has 0 unspecified atom stereocenters. The summed E-state index contributed by atoms with van der Waals surface area (Å²) in [4.78, 5) is 0. The summed E-state index contributed by atoms with van der Waals surface area (Å²) in [5.74, 6) is 0.133. The second-order valence-electron chi connectivity index (χ2n) is 3.97. The number of anilines is 2. The monoisotopic (exact) mass is 218 g/mol. The molecule has 0 heterocycles. The Labute approximate surface area is 93.1 Å². The molecule has 0 saturated carbocycles. The molecule has 4 heteroatoms. The molecule has 0 spiro atoms. The van der Waals surface area contributed by atoms with Crippen LogP contribution in [-0.4, -0.2) is 10.2 Å². The van der Waals surface area contributed by atoms with Crippen molar-refractivity contribution in [3.63, 3.8) is 0 Å². The molecule has 0 aromatic heterocycles. The van der Waals surface area contributed by atoms with Gasteiger partial charge in [0.05, 0.1) is 11.4 Å². The van der Waals surface area contributed by atoms with E-state index in [1.54, 1.807) is 26.0 Å². The number of nitrogen functional groups attached to an aromatic ring is 2. The van der Waals surface area contributed by atoms with Crippen molar-refractivity contribution < 1.29 is 10.2 Å². The Morgan fingerprint density at radius 1 is 0.812 bits per heavy atom. The molecule has 16 heavy (non-hydrogen) atoms. The molecule has 4 nitrogen and oxygen atoms in total.